The van der Waals surface area contributed by atoms with Gasteiger partial charge in [-0.25, -0.2) is 4.68 Å². The van der Waals surface area contributed by atoms with Crippen LogP contribution in [0.15, 0.2) is 58.1 Å². The average molecular weight is 351 g/mol. The Balaban J connectivity index is 1.62. The highest BCUT2D eigenvalue weighted by Crippen LogP contribution is 2.16. The molecule has 3 aromatic rings. The molecule has 0 aliphatic heterocycles. The topological polar surface area (TPSA) is 67.4 Å². The quantitative estimate of drug-likeness (QED) is 0.529. The van der Waals surface area contributed by atoms with Gasteiger partial charge in [0.1, 0.15) is 5.76 Å². The van der Waals surface area contributed by atoms with Crippen molar-refractivity contribution in [1.82, 2.24) is 20.4 Å². The number of aryl methyl sites for hydroxylation is 2. The molecule has 0 bridgehead atoms. The van der Waals surface area contributed by atoms with Crippen molar-refractivity contribution in [3.05, 3.63) is 71.4 Å². The number of aromatic nitrogens is 2. The van der Waals surface area contributed by atoms with Crippen molar-refractivity contribution in [3.63, 3.8) is 0 Å². The summed E-state index contributed by atoms with van der Waals surface area (Å²) < 4.78 is 7.33. The van der Waals surface area contributed by atoms with Crippen molar-refractivity contribution >= 4 is 5.96 Å². The van der Waals surface area contributed by atoms with Crippen LogP contribution in [-0.2, 0) is 13.0 Å². The summed E-state index contributed by atoms with van der Waals surface area (Å²) >= 11 is 0. The first kappa shape index (κ1) is 17.8. The summed E-state index contributed by atoms with van der Waals surface area (Å²) in [6.07, 6.45) is 2.51. The summed E-state index contributed by atoms with van der Waals surface area (Å²) in [5.41, 5.74) is 4.38. The monoisotopic (exact) mass is 351 g/mol. The van der Waals surface area contributed by atoms with Gasteiger partial charge in [-0.15, -0.1) is 0 Å². The van der Waals surface area contributed by atoms with Gasteiger partial charge in [0, 0.05) is 32.3 Å². The highest BCUT2D eigenvalue weighted by Gasteiger charge is 2.09. The second-order valence-corrected chi connectivity index (χ2v) is 6.15. The van der Waals surface area contributed by atoms with Crippen molar-refractivity contribution in [2.75, 3.05) is 13.6 Å². The number of benzene rings is 1. The average Bonchev–Trinajstić information content (AvgIpc) is 3.27. The van der Waals surface area contributed by atoms with E-state index in [4.69, 9.17) is 4.42 Å². The van der Waals surface area contributed by atoms with Gasteiger partial charge in [-0.3, -0.25) is 4.99 Å². The Morgan fingerprint density at radius 2 is 2.00 bits per heavy atom. The minimum Gasteiger partial charge on any atom is -0.469 e. The summed E-state index contributed by atoms with van der Waals surface area (Å²) in [5, 5.41) is 11.3. The van der Waals surface area contributed by atoms with Crippen LogP contribution in [0.5, 0.6) is 0 Å². The summed E-state index contributed by atoms with van der Waals surface area (Å²) in [4.78, 5) is 4.29. The molecule has 0 atom stereocenters. The smallest absolute Gasteiger partial charge is 0.191 e. The fourth-order valence-electron chi connectivity index (χ4n) is 2.90. The van der Waals surface area contributed by atoms with E-state index in [1.54, 1.807) is 13.3 Å². The van der Waals surface area contributed by atoms with E-state index in [0.29, 0.717) is 6.54 Å². The van der Waals surface area contributed by atoms with Gasteiger partial charge in [0.15, 0.2) is 5.96 Å². The minimum absolute atomic E-state index is 0.662. The van der Waals surface area contributed by atoms with Crippen LogP contribution in [0, 0.1) is 13.8 Å². The second kappa shape index (κ2) is 8.38. The molecule has 0 saturated heterocycles. The number of hydrogen-bond acceptors (Lipinski definition) is 3. The molecule has 26 heavy (non-hydrogen) atoms. The van der Waals surface area contributed by atoms with Gasteiger partial charge in [0.25, 0.3) is 0 Å². The maximum absolute atomic E-state index is 5.35. The summed E-state index contributed by atoms with van der Waals surface area (Å²) in [6.45, 7) is 5.50. The van der Waals surface area contributed by atoms with Crippen molar-refractivity contribution in [2.45, 2.75) is 26.8 Å². The zero-order valence-corrected chi connectivity index (χ0v) is 15.5. The van der Waals surface area contributed by atoms with Crippen molar-refractivity contribution in [3.8, 4) is 5.69 Å². The molecule has 0 radical (unpaired) electrons. The zero-order chi connectivity index (χ0) is 18.4. The third-order valence-electron chi connectivity index (χ3n) is 4.14. The van der Waals surface area contributed by atoms with Crippen LogP contribution in [0.25, 0.3) is 5.69 Å². The largest absolute Gasteiger partial charge is 0.469 e. The van der Waals surface area contributed by atoms with E-state index >= 15 is 0 Å². The summed E-state index contributed by atoms with van der Waals surface area (Å²) in [5.74, 6) is 1.72. The van der Waals surface area contributed by atoms with Gasteiger partial charge in [-0.1, -0.05) is 18.2 Å². The van der Waals surface area contributed by atoms with Crippen molar-refractivity contribution in [1.29, 1.82) is 0 Å². The first-order valence-electron chi connectivity index (χ1n) is 8.76. The molecule has 0 aliphatic carbocycles. The third-order valence-corrected chi connectivity index (χ3v) is 4.14. The first-order valence-corrected chi connectivity index (χ1v) is 8.76. The van der Waals surface area contributed by atoms with Gasteiger partial charge in [0.05, 0.1) is 17.6 Å². The lowest BCUT2D eigenvalue weighted by atomic mass is 10.1. The molecule has 2 N–H and O–H groups in total. The molecule has 6 nitrogen and oxygen atoms in total. The van der Waals surface area contributed by atoms with Crippen LogP contribution in [0.2, 0.25) is 0 Å². The van der Waals surface area contributed by atoms with E-state index in [1.165, 1.54) is 0 Å². The van der Waals surface area contributed by atoms with E-state index in [-0.39, 0.29) is 0 Å². The van der Waals surface area contributed by atoms with Crippen LogP contribution in [0.1, 0.15) is 22.7 Å². The molecule has 0 unspecified atom stereocenters. The lowest BCUT2D eigenvalue weighted by molar-refractivity contribution is 0.507. The molecule has 0 saturated carbocycles. The lowest BCUT2D eigenvalue weighted by Crippen LogP contribution is -2.38. The number of guanidine groups is 1. The number of para-hydroxylation sites is 1. The van der Waals surface area contributed by atoms with Crippen LogP contribution in [-0.4, -0.2) is 29.3 Å². The van der Waals surface area contributed by atoms with Crippen molar-refractivity contribution in [2.24, 2.45) is 4.99 Å². The molecule has 0 spiro atoms. The van der Waals surface area contributed by atoms with E-state index < -0.39 is 0 Å². The molecule has 2 aromatic heterocycles. The van der Waals surface area contributed by atoms with Crippen LogP contribution < -0.4 is 10.6 Å². The molecule has 2 heterocycles. The Hall–Kier alpha value is -3.02. The molecule has 6 heteroatoms. The van der Waals surface area contributed by atoms with Gasteiger partial charge in [-0.2, -0.15) is 5.10 Å². The number of hydrogen-bond donors (Lipinski definition) is 2. The maximum atomic E-state index is 5.35. The Labute approximate surface area is 153 Å². The Kier molecular flexibility index (Phi) is 5.73. The van der Waals surface area contributed by atoms with Gasteiger partial charge in [0.2, 0.25) is 0 Å². The van der Waals surface area contributed by atoms with Crippen molar-refractivity contribution < 1.29 is 4.42 Å². The van der Waals surface area contributed by atoms with Crippen LogP contribution in [0.3, 0.4) is 0 Å². The number of nitrogens with zero attached hydrogens (tertiary/aromatic N) is 3. The van der Waals surface area contributed by atoms with Gasteiger partial charge >= 0.3 is 0 Å². The Morgan fingerprint density at radius 3 is 2.69 bits per heavy atom. The minimum atomic E-state index is 0.662. The van der Waals surface area contributed by atoms with E-state index in [9.17, 15) is 0 Å². The molecule has 1 aromatic carbocycles. The zero-order valence-electron chi connectivity index (χ0n) is 15.5. The fraction of sp³-hybridized carbons (Fsp3) is 0.300. The molecule has 0 fully saturated rings. The number of rotatable bonds is 6. The van der Waals surface area contributed by atoms with E-state index in [2.05, 4.69) is 45.8 Å². The normalized spacial score (nSPS) is 11.6. The van der Waals surface area contributed by atoms with E-state index in [1.807, 2.05) is 35.9 Å². The summed E-state index contributed by atoms with van der Waals surface area (Å²) in [6, 6.07) is 14.2. The molecule has 0 amide bonds. The number of aliphatic imine (C=N–C) groups is 1. The molecule has 0 aliphatic rings. The highest BCUT2D eigenvalue weighted by molar-refractivity contribution is 5.79. The molecule has 136 valence electrons. The highest BCUT2D eigenvalue weighted by atomic mass is 16.3. The Bertz CT molecular complexity index is 864. The molecular weight excluding hydrogens is 326 g/mol. The lowest BCUT2D eigenvalue weighted by Gasteiger charge is -2.15. The van der Waals surface area contributed by atoms with Crippen LogP contribution >= 0.6 is 0 Å². The predicted molar refractivity (Wildman–Crippen MR) is 104 cm³/mol. The van der Waals surface area contributed by atoms with E-state index in [0.717, 1.165) is 47.3 Å². The second-order valence-electron chi connectivity index (χ2n) is 6.15. The number of nitrogens with one attached hydrogen (secondary N) is 2. The van der Waals surface area contributed by atoms with Gasteiger partial charge < -0.3 is 15.1 Å². The van der Waals surface area contributed by atoms with Crippen LogP contribution in [0.4, 0.5) is 0 Å². The maximum Gasteiger partial charge on any atom is 0.191 e. The fourth-order valence-corrected chi connectivity index (χ4v) is 2.90. The molecular formula is C20H25N5O. The van der Waals surface area contributed by atoms with Gasteiger partial charge in [-0.05, 0) is 43.7 Å². The molecule has 3 rings (SSSR count). The first-order chi connectivity index (χ1) is 12.7. The predicted octanol–water partition coefficient (Wildman–Crippen LogP) is 2.99. The SMILES string of the molecule is CN=C(NCCc1ccco1)NCc1ccccc1-n1nc(C)cc1C. The Morgan fingerprint density at radius 1 is 1.15 bits per heavy atom. The number of furan rings is 1. The third kappa shape index (κ3) is 4.33. The standard InChI is InChI=1S/C20H25N5O/c1-15-13-16(2)25(24-15)19-9-5-4-7-17(19)14-23-20(21-3)22-11-10-18-8-6-12-26-18/h4-9,12-13H,10-11,14H2,1-3H3,(H2,21,22,23). The summed E-state index contributed by atoms with van der Waals surface area (Å²) in [7, 11) is 1.77.